The third kappa shape index (κ3) is 3.70. The summed E-state index contributed by atoms with van der Waals surface area (Å²) in [6.07, 6.45) is 7.17. The Kier molecular flexibility index (Phi) is 4.73. The van der Waals surface area contributed by atoms with Gasteiger partial charge in [-0.2, -0.15) is 0 Å². The van der Waals surface area contributed by atoms with Gasteiger partial charge in [-0.15, -0.1) is 0 Å². The molecule has 0 aliphatic carbocycles. The van der Waals surface area contributed by atoms with E-state index in [4.69, 9.17) is 4.74 Å². The van der Waals surface area contributed by atoms with Crippen LogP contribution in [0.4, 0.5) is 5.69 Å². The maximum atomic E-state index is 6.36. The number of anilines is 1. The number of benzene rings is 1. The summed E-state index contributed by atoms with van der Waals surface area (Å²) >= 11 is 0. The summed E-state index contributed by atoms with van der Waals surface area (Å²) in [4.78, 5) is 9.03. The van der Waals surface area contributed by atoms with E-state index in [9.17, 15) is 0 Å². The van der Waals surface area contributed by atoms with E-state index >= 15 is 0 Å². The zero-order valence-electron chi connectivity index (χ0n) is 15.0. The lowest BCUT2D eigenvalue weighted by Gasteiger charge is -2.39. The second-order valence-corrected chi connectivity index (χ2v) is 7.43. The second kappa shape index (κ2) is 7.14. The van der Waals surface area contributed by atoms with E-state index in [1.807, 2.05) is 12.4 Å². The zero-order valence-corrected chi connectivity index (χ0v) is 15.0. The molecule has 0 bridgehead atoms. The molecule has 0 N–H and O–H groups in total. The molecule has 132 valence electrons. The molecule has 1 aromatic carbocycles. The summed E-state index contributed by atoms with van der Waals surface area (Å²) in [7, 11) is 2.20. The molecule has 1 unspecified atom stereocenters. The first-order valence-corrected chi connectivity index (χ1v) is 9.27. The van der Waals surface area contributed by atoms with Crippen LogP contribution >= 0.6 is 0 Å². The minimum atomic E-state index is 0.0858. The van der Waals surface area contributed by atoms with Crippen LogP contribution in [0.3, 0.4) is 0 Å². The van der Waals surface area contributed by atoms with Crippen LogP contribution in [0.25, 0.3) is 0 Å². The molecule has 1 atom stereocenters. The predicted molar refractivity (Wildman–Crippen MR) is 101 cm³/mol. The first-order chi connectivity index (χ1) is 12.2. The van der Waals surface area contributed by atoms with Gasteiger partial charge in [0.2, 0.25) is 0 Å². The Morgan fingerprint density at radius 3 is 2.56 bits per heavy atom. The Hall–Kier alpha value is -1.91. The van der Waals surface area contributed by atoms with Crippen LogP contribution < -0.4 is 4.90 Å². The van der Waals surface area contributed by atoms with E-state index in [-0.39, 0.29) is 5.60 Å². The number of hydrogen-bond donors (Lipinski definition) is 0. The highest BCUT2D eigenvalue weighted by Gasteiger charge is 2.43. The van der Waals surface area contributed by atoms with Crippen LogP contribution in [0, 0.1) is 0 Å². The van der Waals surface area contributed by atoms with Gasteiger partial charge in [-0.1, -0.05) is 18.2 Å². The van der Waals surface area contributed by atoms with E-state index in [1.54, 1.807) is 0 Å². The highest BCUT2D eigenvalue weighted by molar-refractivity contribution is 5.46. The average Bonchev–Trinajstić information content (AvgIpc) is 3.09. The summed E-state index contributed by atoms with van der Waals surface area (Å²) in [6.45, 7) is 4.09. The minimum Gasteiger partial charge on any atom is -0.373 e. The Morgan fingerprint density at radius 1 is 1.12 bits per heavy atom. The van der Waals surface area contributed by atoms with Gasteiger partial charge in [0.1, 0.15) is 0 Å². The number of hydrogen-bond acceptors (Lipinski definition) is 4. The lowest BCUT2D eigenvalue weighted by Crippen LogP contribution is -2.44. The summed E-state index contributed by atoms with van der Waals surface area (Å²) in [6, 6.07) is 15.4. The van der Waals surface area contributed by atoms with Crippen LogP contribution in [0.2, 0.25) is 0 Å². The maximum Gasteiger partial charge on any atom is 0.0728 e. The molecule has 0 amide bonds. The molecule has 2 saturated heterocycles. The topological polar surface area (TPSA) is 28.6 Å². The van der Waals surface area contributed by atoms with Crippen molar-refractivity contribution < 1.29 is 4.74 Å². The molecule has 1 spiro atoms. The van der Waals surface area contributed by atoms with Gasteiger partial charge in [0.15, 0.2) is 0 Å². The minimum absolute atomic E-state index is 0.0858. The molecule has 0 radical (unpaired) electrons. The molecule has 2 aliphatic rings. The Balaban J connectivity index is 1.33. The third-order valence-electron chi connectivity index (χ3n) is 5.82. The average molecular weight is 337 g/mol. The van der Waals surface area contributed by atoms with Crippen molar-refractivity contribution in [2.45, 2.75) is 37.5 Å². The Morgan fingerprint density at radius 2 is 1.84 bits per heavy atom. The quantitative estimate of drug-likeness (QED) is 0.855. The highest BCUT2D eigenvalue weighted by Crippen LogP contribution is 2.38. The maximum absolute atomic E-state index is 6.36. The van der Waals surface area contributed by atoms with E-state index in [0.29, 0.717) is 6.04 Å². The highest BCUT2D eigenvalue weighted by atomic mass is 16.5. The van der Waals surface area contributed by atoms with Crippen LogP contribution in [0.15, 0.2) is 54.9 Å². The number of para-hydroxylation sites is 1. The molecule has 4 nitrogen and oxygen atoms in total. The molecule has 1 aromatic heterocycles. The van der Waals surface area contributed by atoms with Crippen molar-refractivity contribution in [2.75, 3.05) is 31.6 Å². The predicted octanol–water partition coefficient (Wildman–Crippen LogP) is 3.34. The van der Waals surface area contributed by atoms with E-state index < -0.39 is 0 Å². The Labute approximate surface area is 150 Å². The molecule has 4 heteroatoms. The van der Waals surface area contributed by atoms with Crippen LogP contribution in [-0.2, 0) is 11.3 Å². The van der Waals surface area contributed by atoms with Crippen molar-refractivity contribution >= 4 is 5.69 Å². The van der Waals surface area contributed by atoms with Crippen molar-refractivity contribution in [3.8, 4) is 0 Å². The summed E-state index contributed by atoms with van der Waals surface area (Å²) in [5, 5.41) is 0. The standard InChI is InChI=1S/C21H27N3O/c1-23(19-5-3-2-4-6-19)20-15-21(25-17-20)9-13-24(14-10-21)16-18-7-11-22-12-8-18/h2-8,11-12,20H,9-10,13-17H2,1H3. The van der Waals surface area contributed by atoms with Crippen molar-refractivity contribution in [3.63, 3.8) is 0 Å². The number of aromatic nitrogens is 1. The fourth-order valence-corrected chi connectivity index (χ4v) is 4.16. The normalized spacial score (nSPS) is 23.0. The number of ether oxygens (including phenoxy) is 1. The van der Waals surface area contributed by atoms with Gasteiger partial charge in [-0.25, -0.2) is 0 Å². The van der Waals surface area contributed by atoms with Crippen molar-refractivity contribution in [1.29, 1.82) is 0 Å². The third-order valence-corrected chi connectivity index (χ3v) is 5.82. The van der Waals surface area contributed by atoms with Gasteiger partial charge in [-0.05, 0) is 49.1 Å². The second-order valence-electron chi connectivity index (χ2n) is 7.43. The number of piperidine rings is 1. The first kappa shape index (κ1) is 16.6. The molecule has 2 fully saturated rings. The smallest absolute Gasteiger partial charge is 0.0728 e. The number of pyridine rings is 1. The van der Waals surface area contributed by atoms with Gasteiger partial charge >= 0.3 is 0 Å². The number of likely N-dealkylation sites (tertiary alicyclic amines) is 1. The van der Waals surface area contributed by atoms with Crippen LogP contribution in [0.1, 0.15) is 24.8 Å². The fourth-order valence-electron chi connectivity index (χ4n) is 4.16. The van der Waals surface area contributed by atoms with Crippen LogP contribution in [-0.4, -0.2) is 48.3 Å². The molecule has 2 aliphatic heterocycles. The first-order valence-electron chi connectivity index (χ1n) is 9.27. The number of nitrogens with zero attached hydrogens (tertiary/aromatic N) is 3. The van der Waals surface area contributed by atoms with Gasteiger partial charge in [-0.3, -0.25) is 9.88 Å². The molecule has 3 heterocycles. The van der Waals surface area contributed by atoms with Crippen molar-refractivity contribution in [1.82, 2.24) is 9.88 Å². The summed E-state index contributed by atoms with van der Waals surface area (Å²) < 4.78 is 6.36. The van der Waals surface area contributed by atoms with Gasteiger partial charge < -0.3 is 9.64 Å². The lowest BCUT2D eigenvalue weighted by molar-refractivity contribution is -0.0448. The SMILES string of the molecule is CN(c1ccccc1)C1COC2(CCN(Cc3ccncc3)CC2)C1. The van der Waals surface area contributed by atoms with Gasteiger partial charge in [0.05, 0.1) is 18.2 Å². The molecule has 25 heavy (non-hydrogen) atoms. The van der Waals surface area contributed by atoms with Gasteiger partial charge in [0.25, 0.3) is 0 Å². The van der Waals surface area contributed by atoms with Crippen molar-refractivity contribution in [2.24, 2.45) is 0 Å². The molecule has 0 saturated carbocycles. The summed E-state index contributed by atoms with van der Waals surface area (Å²) in [5.74, 6) is 0. The molecule has 4 rings (SSSR count). The lowest BCUT2D eigenvalue weighted by atomic mass is 9.87. The number of rotatable bonds is 4. The van der Waals surface area contributed by atoms with Crippen LogP contribution in [0.5, 0.6) is 0 Å². The molecule has 2 aromatic rings. The molecular weight excluding hydrogens is 310 g/mol. The van der Waals surface area contributed by atoms with E-state index in [0.717, 1.165) is 45.5 Å². The Bertz CT molecular complexity index is 668. The van der Waals surface area contributed by atoms with E-state index in [2.05, 4.69) is 64.3 Å². The fraction of sp³-hybridized carbons (Fsp3) is 0.476. The largest absolute Gasteiger partial charge is 0.373 e. The van der Waals surface area contributed by atoms with E-state index in [1.165, 1.54) is 11.3 Å². The zero-order chi connectivity index (χ0) is 17.1. The van der Waals surface area contributed by atoms with Crippen molar-refractivity contribution in [3.05, 3.63) is 60.4 Å². The summed E-state index contributed by atoms with van der Waals surface area (Å²) in [5.41, 5.74) is 2.71. The molecular formula is C21H27N3O. The van der Waals surface area contributed by atoms with Gasteiger partial charge in [0, 0.05) is 44.8 Å². The number of likely N-dealkylation sites (N-methyl/N-ethyl adjacent to an activating group) is 1. The monoisotopic (exact) mass is 337 g/mol.